The predicted molar refractivity (Wildman–Crippen MR) is 146 cm³/mol. The molecule has 6 rings (SSSR count). The number of aromatic nitrogens is 4. The average Bonchev–Trinajstić information content (AvgIpc) is 3.64. The normalized spacial score (nSPS) is 17.6. The van der Waals surface area contributed by atoms with E-state index in [-0.39, 0.29) is 18.5 Å². The lowest BCUT2D eigenvalue weighted by Crippen LogP contribution is -2.51. The van der Waals surface area contributed by atoms with Gasteiger partial charge in [-0.1, -0.05) is 18.2 Å². The number of nitrogens with zero attached hydrogens (tertiary/aromatic N) is 6. The second-order valence-electron chi connectivity index (χ2n) is 9.79. The Bertz CT molecular complexity index is 1500. The van der Waals surface area contributed by atoms with Crippen LogP contribution in [0.3, 0.4) is 0 Å². The van der Waals surface area contributed by atoms with Crippen LogP contribution in [0.5, 0.6) is 5.75 Å². The number of nitrogens with one attached hydrogen (secondary N) is 2. The minimum absolute atomic E-state index is 0.186. The quantitative estimate of drug-likeness (QED) is 0.329. The number of amides is 2. The first-order chi connectivity index (χ1) is 19.1. The number of fused-ring (bicyclic) bond motifs is 2. The van der Waals surface area contributed by atoms with Crippen molar-refractivity contribution in [2.45, 2.75) is 18.9 Å². The number of benzene rings is 2. The topological polar surface area (TPSA) is 140 Å². The zero-order valence-corrected chi connectivity index (χ0v) is 21.4. The molecule has 12 nitrogen and oxygen atoms in total. The van der Waals surface area contributed by atoms with Crippen molar-refractivity contribution in [3.63, 3.8) is 0 Å². The molecule has 2 amide bonds. The molecule has 0 saturated carbocycles. The molecule has 0 radical (unpaired) electrons. The monoisotopic (exact) mass is 530 g/mol. The number of hydrogen-bond donors (Lipinski definition) is 3. The highest BCUT2D eigenvalue weighted by molar-refractivity contribution is 5.91. The Morgan fingerprint density at radius 2 is 1.95 bits per heavy atom. The van der Waals surface area contributed by atoms with Crippen LogP contribution in [-0.2, 0) is 4.79 Å². The van der Waals surface area contributed by atoms with Gasteiger partial charge in [-0.3, -0.25) is 4.79 Å². The van der Waals surface area contributed by atoms with Gasteiger partial charge in [-0.25, -0.2) is 19.7 Å². The van der Waals surface area contributed by atoms with Gasteiger partial charge in [0, 0.05) is 43.8 Å². The van der Waals surface area contributed by atoms with Crippen LogP contribution in [0.15, 0.2) is 49.1 Å². The summed E-state index contributed by atoms with van der Waals surface area (Å²) in [5.74, 6) is 1.49. The first-order valence-corrected chi connectivity index (χ1v) is 13.1. The largest absolute Gasteiger partial charge is 0.491 e. The number of aromatic amines is 1. The summed E-state index contributed by atoms with van der Waals surface area (Å²) in [6.07, 6.45) is 4.09. The third-order valence-corrected chi connectivity index (χ3v) is 7.50. The molecule has 1 atom stereocenters. The Balaban J connectivity index is 1.14. The van der Waals surface area contributed by atoms with Crippen molar-refractivity contribution in [1.82, 2.24) is 30.2 Å². The van der Waals surface area contributed by atoms with Crippen LogP contribution in [0.4, 0.5) is 16.3 Å². The van der Waals surface area contributed by atoms with Gasteiger partial charge in [0.05, 0.1) is 12.4 Å². The Hall–Kier alpha value is -4.61. The van der Waals surface area contributed by atoms with Crippen LogP contribution in [0.2, 0.25) is 0 Å². The summed E-state index contributed by atoms with van der Waals surface area (Å²) in [4.78, 5) is 45.4. The fraction of sp³-hybridized carbons (Fsp3) is 0.370. The molecule has 202 valence electrons. The van der Waals surface area contributed by atoms with Gasteiger partial charge in [-0.05, 0) is 36.4 Å². The van der Waals surface area contributed by atoms with Crippen molar-refractivity contribution in [3.8, 4) is 5.75 Å². The van der Waals surface area contributed by atoms with Crippen molar-refractivity contribution in [2.24, 2.45) is 0 Å². The lowest BCUT2D eigenvalue weighted by molar-refractivity contribution is -0.130. The standard InChI is InChI=1S/C27H30N8O4/c36-23(14-28-27(37)38)34-11-9-33(10-12-34)19-7-6-18-3-1-5-22(21(18)13-19)39-15-20-4-2-8-35(20)26-24-25(30-16-29-24)31-17-32-26/h1,3,5-7,13,16-17,20,28H,2,4,8-12,14-15H2,(H,37,38)(H,29,30,31,32). The summed E-state index contributed by atoms with van der Waals surface area (Å²) < 4.78 is 6.45. The minimum atomic E-state index is -1.19. The van der Waals surface area contributed by atoms with Gasteiger partial charge in [-0.2, -0.15) is 0 Å². The van der Waals surface area contributed by atoms with Gasteiger partial charge >= 0.3 is 6.09 Å². The summed E-state index contributed by atoms with van der Waals surface area (Å²) in [6, 6.07) is 12.6. The highest BCUT2D eigenvalue weighted by Crippen LogP contribution is 2.32. The highest BCUT2D eigenvalue weighted by atomic mass is 16.5. The molecule has 12 heteroatoms. The van der Waals surface area contributed by atoms with Crippen molar-refractivity contribution in [3.05, 3.63) is 49.1 Å². The van der Waals surface area contributed by atoms with E-state index in [0.717, 1.165) is 52.9 Å². The molecule has 3 N–H and O–H groups in total. The van der Waals surface area contributed by atoms with Crippen molar-refractivity contribution in [1.29, 1.82) is 0 Å². The van der Waals surface area contributed by atoms with E-state index in [2.05, 4.69) is 59.3 Å². The van der Waals surface area contributed by atoms with Crippen LogP contribution in [0.25, 0.3) is 21.9 Å². The zero-order valence-electron chi connectivity index (χ0n) is 21.4. The molecule has 1 unspecified atom stereocenters. The predicted octanol–water partition coefficient (Wildman–Crippen LogP) is 2.47. The van der Waals surface area contributed by atoms with Crippen LogP contribution in [0, 0.1) is 0 Å². The SMILES string of the molecule is O=C(O)NCC(=O)N1CCN(c2ccc3cccc(OCC4CCCN4c4ncnc5nc[nH]c45)c3c2)CC1. The average molecular weight is 531 g/mol. The van der Waals surface area contributed by atoms with Crippen molar-refractivity contribution in [2.75, 3.05) is 55.7 Å². The summed E-state index contributed by atoms with van der Waals surface area (Å²) in [5.41, 5.74) is 2.58. The molecular formula is C27H30N8O4. The third-order valence-electron chi connectivity index (χ3n) is 7.50. The molecule has 2 aromatic heterocycles. The summed E-state index contributed by atoms with van der Waals surface area (Å²) in [5, 5.41) is 13.0. The number of ether oxygens (including phenoxy) is 1. The smallest absolute Gasteiger partial charge is 0.405 e. The number of imidazole rings is 1. The number of H-pyrrole nitrogens is 1. The van der Waals surface area contributed by atoms with Gasteiger partial charge < -0.3 is 34.8 Å². The molecule has 0 spiro atoms. The lowest BCUT2D eigenvalue weighted by Gasteiger charge is -2.36. The van der Waals surface area contributed by atoms with E-state index >= 15 is 0 Å². The zero-order chi connectivity index (χ0) is 26.8. The second-order valence-corrected chi connectivity index (χ2v) is 9.79. The van der Waals surface area contributed by atoms with Gasteiger partial charge in [-0.15, -0.1) is 0 Å². The molecule has 2 saturated heterocycles. The molecule has 2 aliphatic heterocycles. The summed E-state index contributed by atoms with van der Waals surface area (Å²) in [6.45, 7) is 3.67. The molecule has 2 aliphatic rings. The van der Waals surface area contributed by atoms with E-state index < -0.39 is 6.09 Å². The number of anilines is 2. The number of rotatable bonds is 7. The van der Waals surface area contributed by atoms with Crippen LogP contribution in [0.1, 0.15) is 12.8 Å². The second kappa shape index (κ2) is 10.6. The molecule has 0 aliphatic carbocycles. The number of carbonyl (C=O) groups is 2. The van der Waals surface area contributed by atoms with E-state index in [0.29, 0.717) is 38.4 Å². The molecular weight excluding hydrogens is 500 g/mol. The van der Waals surface area contributed by atoms with E-state index in [1.54, 1.807) is 17.6 Å². The number of hydrogen-bond acceptors (Lipinski definition) is 8. The minimum Gasteiger partial charge on any atom is -0.491 e. The van der Waals surface area contributed by atoms with Crippen LogP contribution in [-0.4, -0.2) is 93.9 Å². The van der Waals surface area contributed by atoms with Gasteiger partial charge in [0.15, 0.2) is 11.5 Å². The molecule has 0 bridgehead atoms. The van der Waals surface area contributed by atoms with Crippen molar-refractivity contribution < 1.29 is 19.4 Å². The first kappa shape index (κ1) is 24.7. The maximum atomic E-state index is 12.3. The highest BCUT2D eigenvalue weighted by Gasteiger charge is 2.29. The molecule has 4 heterocycles. The molecule has 2 aromatic carbocycles. The Labute approximate surface area is 224 Å². The molecule has 2 fully saturated rings. The molecule has 4 aromatic rings. The fourth-order valence-electron chi connectivity index (χ4n) is 5.48. The van der Waals surface area contributed by atoms with Crippen molar-refractivity contribution >= 4 is 45.4 Å². The number of piperazine rings is 1. The van der Waals surface area contributed by atoms with E-state index in [1.165, 1.54) is 0 Å². The van der Waals surface area contributed by atoms with Gasteiger partial charge in [0.1, 0.15) is 30.7 Å². The Kier molecular flexibility index (Phi) is 6.74. The van der Waals surface area contributed by atoms with Crippen LogP contribution < -0.4 is 19.9 Å². The maximum absolute atomic E-state index is 12.3. The summed E-state index contributed by atoms with van der Waals surface area (Å²) >= 11 is 0. The van der Waals surface area contributed by atoms with Gasteiger partial charge in [0.25, 0.3) is 0 Å². The Morgan fingerprint density at radius 3 is 2.79 bits per heavy atom. The summed E-state index contributed by atoms with van der Waals surface area (Å²) in [7, 11) is 0. The van der Waals surface area contributed by atoms with E-state index in [4.69, 9.17) is 9.84 Å². The first-order valence-electron chi connectivity index (χ1n) is 13.1. The number of carbonyl (C=O) groups excluding carboxylic acids is 1. The van der Waals surface area contributed by atoms with Gasteiger partial charge in [0.2, 0.25) is 5.91 Å². The number of carboxylic acid groups (broad SMARTS) is 1. The Morgan fingerprint density at radius 1 is 1.08 bits per heavy atom. The lowest BCUT2D eigenvalue weighted by atomic mass is 10.1. The van der Waals surface area contributed by atoms with E-state index in [9.17, 15) is 9.59 Å². The fourth-order valence-corrected chi connectivity index (χ4v) is 5.48. The van der Waals surface area contributed by atoms with Crippen LogP contribution >= 0.6 is 0 Å². The van der Waals surface area contributed by atoms with E-state index in [1.807, 2.05) is 12.1 Å². The maximum Gasteiger partial charge on any atom is 0.405 e. The third kappa shape index (κ3) is 5.09. The molecule has 39 heavy (non-hydrogen) atoms.